The molecule has 20 heavy (non-hydrogen) atoms. The zero-order valence-corrected chi connectivity index (χ0v) is 13.6. The fourth-order valence-electron chi connectivity index (χ4n) is 3.28. The van der Waals surface area contributed by atoms with E-state index >= 15 is 0 Å². The normalized spacial score (nSPS) is 21.7. The second-order valence-electron chi connectivity index (χ2n) is 6.44. The maximum Gasteiger partial charge on any atom is 0.133 e. The summed E-state index contributed by atoms with van der Waals surface area (Å²) >= 11 is 3.67. The van der Waals surface area contributed by atoms with Gasteiger partial charge >= 0.3 is 0 Å². The van der Waals surface area contributed by atoms with Crippen LogP contribution in [-0.2, 0) is 5.41 Å². The smallest absolute Gasteiger partial charge is 0.133 e. The predicted molar refractivity (Wildman–Crippen MR) is 86.2 cm³/mol. The monoisotopic (exact) mass is 337 g/mol. The number of rotatable bonds is 5. The quantitative estimate of drug-likeness (QED) is 0.864. The number of nitrogens with two attached hydrogens (primary N) is 1. The molecule has 1 aromatic rings. The Balaban J connectivity index is 1.77. The van der Waals surface area contributed by atoms with E-state index in [4.69, 9.17) is 10.5 Å². The van der Waals surface area contributed by atoms with Crippen molar-refractivity contribution in [2.24, 2.45) is 11.7 Å². The van der Waals surface area contributed by atoms with Gasteiger partial charge in [-0.3, -0.25) is 0 Å². The van der Waals surface area contributed by atoms with Crippen LogP contribution in [0.2, 0.25) is 0 Å². The van der Waals surface area contributed by atoms with Gasteiger partial charge in [-0.05, 0) is 65.2 Å². The van der Waals surface area contributed by atoms with E-state index in [9.17, 15) is 0 Å². The van der Waals surface area contributed by atoms with Crippen LogP contribution >= 0.6 is 15.9 Å². The molecule has 3 rings (SSSR count). The second kappa shape index (κ2) is 6.07. The van der Waals surface area contributed by atoms with Gasteiger partial charge in [0.25, 0.3) is 0 Å². The van der Waals surface area contributed by atoms with Crippen LogP contribution in [0.4, 0.5) is 0 Å². The molecule has 2 nitrogen and oxygen atoms in total. The largest absolute Gasteiger partial charge is 0.492 e. The number of benzene rings is 1. The topological polar surface area (TPSA) is 35.2 Å². The van der Waals surface area contributed by atoms with E-state index < -0.39 is 0 Å². The summed E-state index contributed by atoms with van der Waals surface area (Å²) < 4.78 is 6.97. The van der Waals surface area contributed by atoms with E-state index in [2.05, 4.69) is 34.1 Å². The molecule has 0 aliphatic heterocycles. The third-order valence-corrected chi connectivity index (χ3v) is 5.54. The molecular formula is C17H24BrNO. The first-order chi connectivity index (χ1) is 9.73. The number of halogens is 1. The summed E-state index contributed by atoms with van der Waals surface area (Å²) in [6, 6.07) is 6.58. The third kappa shape index (κ3) is 3.04. The lowest BCUT2D eigenvalue weighted by molar-refractivity contribution is 0.292. The summed E-state index contributed by atoms with van der Waals surface area (Å²) in [4.78, 5) is 0. The Morgan fingerprint density at radius 1 is 1.20 bits per heavy atom. The Labute approximate surface area is 130 Å². The van der Waals surface area contributed by atoms with Gasteiger partial charge in [0.05, 0.1) is 11.1 Å². The molecule has 2 N–H and O–H groups in total. The maximum atomic E-state index is 6.12. The van der Waals surface area contributed by atoms with Crippen molar-refractivity contribution < 1.29 is 4.74 Å². The number of ether oxygens (including phenoxy) is 1. The minimum absolute atomic E-state index is 0.190. The molecule has 0 amide bonds. The van der Waals surface area contributed by atoms with Crippen molar-refractivity contribution >= 4 is 15.9 Å². The highest BCUT2D eigenvalue weighted by Crippen LogP contribution is 2.41. The minimum atomic E-state index is 0.190. The molecule has 0 aromatic heterocycles. The van der Waals surface area contributed by atoms with E-state index in [0.29, 0.717) is 0 Å². The van der Waals surface area contributed by atoms with E-state index in [0.717, 1.165) is 29.3 Å². The SMILES string of the molecule is NCC1(c2ccc(OCC3CC3)c(Br)c2)CCCCC1. The van der Waals surface area contributed by atoms with Crippen molar-refractivity contribution in [3.63, 3.8) is 0 Å². The van der Waals surface area contributed by atoms with Crippen molar-refractivity contribution in [1.29, 1.82) is 0 Å². The van der Waals surface area contributed by atoms with Crippen LogP contribution < -0.4 is 10.5 Å². The van der Waals surface area contributed by atoms with Crippen molar-refractivity contribution in [3.05, 3.63) is 28.2 Å². The molecule has 0 radical (unpaired) electrons. The van der Waals surface area contributed by atoms with Crippen LogP contribution in [0.25, 0.3) is 0 Å². The predicted octanol–water partition coefficient (Wildman–Crippen LogP) is 4.40. The molecule has 0 unspecified atom stereocenters. The number of hydrogen-bond donors (Lipinski definition) is 1. The van der Waals surface area contributed by atoms with E-state index in [1.165, 1.54) is 50.5 Å². The van der Waals surface area contributed by atoms with E-state index in [1.54, 1.807) is 0 Å². The van der Waals surface area contributed by atoms with Crippen molar-refractivity contribution in [2.75, 3.05) is 13.2 Å². The zero-order chi connectivity index (χ0) is 14.0. The van der Waals surface area contributed by atoms with Gasteiger partial charge in [0, 0.05) is 12.0 Å². The molecule has 0 heterocycles. The highest BCUT2D eigenvalue weighted by Gasteiger charge is 2.33. The first kappa shape index (κ1) is 14.4. The van der Waals surface area contributed by atoms with Crippen LogP contribution in [0, 0.1) is 5.92 Å². The number of hydrogen-bond acceptors (Lipinski definition) is 2. The molecule has 0 spiro atoms. The molecule has 3 heteroatoms. The third-order valence-electron chi connectivity index (χ3n) is 4.92. The molecule has 2 saturated carbocycles. The molecule has 2 aliphatic carbocycles. The first-order valence-electron chi connectivity index (χ1n) is 7.86. The van der Waals surface area contributed by atoms with Gasteiger partial charge in [0.15, 0.2) is 0 Å². The van der Waals surface area contributed by atoms with Crippen LogP contribution in [0.5, 0.6) is 5.75 Å². The van der Waals surface area contributed by atoms with Crippen molar-refractivity contribution in [3.8, 4) is 5.75 Å². The first-order valence-corrected chi connectivity index (χ1v) is 8.66. The molecular weight excluding hydrogens is 314 g/mol. The highest BCUT2D eigenvalue weighted by molar-refractivity contribution is 9.10. The average Bonchev–Trinajstić information content (AvgIpc) is 3.31. The fraction of sp³-hybridized carbons (Fsp3) is 0.647. The van der Waals surface area contributed by atoms with Gasteiger partial charge in [-0.2, -0.15) is 0 Å². The lowest BCUT2D eigenvalue weighted by Gasteiger charge is -2.37. The van der Waals surface area contributed by atoms with Gasteiger partial charge in [0.1, 0.15) is 5.75 Å². The molecule has 2 aliphatic rings. The molecule has 110 valence electrons. The molecule has 1 aromatic carbocycles. The summed E-state index contributed by atoms with van der Waals surface area (Å²) in [5, 5.41) is 0. The Morgan fingerprint density at radius 2 is 1.95 bits per heavy atom. The highest BCUT2D eigenvalue weighted by atomic mass is 79.9. The Hall–Kier alpha value is -0.540. The summed E-state index contributed by atoms with van der Waals surface area (Å²) in [7, 11) is 0. The fourth-order valence-corrected chi connectivity index (χ4v) is 3.77. The standard InChI is InChI=1S/C17H24BrNO/c18-15-10-14(17(12-19)8-2-1-3-9-17)6-7-16(15)20-11-13-4-5-13/h6-7,10,13H,1-5,8-9,11-12,19H2. The maximum absolute atomic E-state index is 6.12. The van der Waals surface area contributed by atoms with Gasteiger partial charge in [-0.25, -0.2) is 0 Å². The van der Waals surface area contributed by atoms with Gasteiger partial charge < -0.3 is 10.5 Å². The van der Waals surface area contributed by atoms with Crippen LogP contribution in [0.3, 0.4) is 0 Å². The lowest BCUT2D eigenvalue weighted by Crippen LogP contribution is -2.37. The van der Waals surface area contributed by atoms with E-state index in [-0.39, 0.29) is 5.41 Å². The Morgan fingerprint density at radius 3 is 2.55 bits per heavy atom. The average molecular weight is 338 g/mol. The Kier molecular flexibility index (Phi) is 4.37. The van der Waals surface area contributed by atoms with Crippen molar-refractivity contribution in [1.82, 2.24) is 0 Å². The molecule has 0 saturated heterocycles. The van der Waals surface area contributed by atoms with Gasteiger partial charge in [0.2, 0.25) is 0 Å². The molecule has 0 atom stereocenters. The van der Waals surface area contributed by atoms with Crippen LogP contribution in [-0.4, -0.2) is 13.2 Å². The summed E-state index contributed by atoms with van der Waals surface area (Å²) in [6.07, 6.45) is 9.05. The zero-order valence-electron chi connectivity index (χ0n) is 12.0. The molecule has 2 fully saturated rings. The van der Waals surface area contributed by atoms with Gasteiger partial charge in [-0.1, -0.05) is 25.3 Å². The van der Waals surface area contributed by atoms with Crippen LogP contribution in [0.1, 0.15) is 50.5 Å². The van der Waals surface area contributed by atoms with Crippen molar-refractivity contribution in [2.45, 2.75) is 50.4 Å². The summed E-state index contributed by atoms with van der Waals surface area (Å²) in [5.41, 5.74) is 7.69. The summed E-state index contributed by atoms with van der Waals surface area (Å²) in [5.74, 6) is 1.76. The van der Waals surface area contributed by atoms with E-state index in [1.807, 2.05) is 0 Å². The van der Waals surface area contributed by atoms with Crippen LogP contribution in [0.15, 0.2) is 22.7 Å². The lowest BCUT2D eigenvalue weighted by atomic mass is 9.69. The molecule has 0 bridgehead atoms. The Bertz CT molecular complexity index is 464. The summed E-state index contributed by atoms with van der Waals surface area (Å²) in [6.45, 7) is 1.61. The minimum Gasteiger partial charge on any atom is -0.492 e. The van der Waals surface area contributed by atoms with Gasteiger partial charge in [-0.15, -0.1) is 0 Å². The second-order valence-corrected chi connectivity index (χ2v) is 7.30.